The van der Waals surface area contributed by atoms with Crippen molar-refractivity contribution < 1.29 is 38.1 Å². The smallest absolute Gasteiger partial charge is 0.339 e. The van der Waals surface area contributed by atoms with Crippen molar-refractivity contribution in [1.29, 1.82) is 0 Å². The highest BCUT2D eigenvalue weighted by molar-refractivity contribution is 5.90. The van der Waals surface area contributed by atoms with Crippen LogP contribution in [0.3, 0.4) is 0 Å². The lowest BCUT2D eigenvalue weighted by Crippen LogP contribution is -2.54. The van der Waals surface area contributed by atoms with E-state index in [0.717, 1.165) is 16.7 Å². The predicted molar refractivity (Wildman–Crippen MR) is 167 cm³/mol. The Balaban J connectivity index is 1.71. The molecule has 3 atom stereocenters. The molecule has 5 rings (SSSR count). The largest absolute Gasteiger partial charge is 0.482 e. The Labute approximate surface area is 262 Å². The van der Waals surface area contributed by atoms with Gasteiger partial charge in [0.25, 0.3) is 0 Å². The van der Waals surface area contributed by atoms with Crippen LogP contribution in [0.4, 0.5) is 0 Å². The third-order valence-electron chi connectivity index (χ3n) is 8.39. The van der Waals surface area contributed by atoms with Crippen LogP contribution < -0.4 is 10.4 Å². The first-order valence-corrected chi connectivity index (χ1v) is 15.0. The summed E-state index contributed by atoms with van der Waals surface area (Å²) < 4.78 is 29.8. The van der Waals surface area contributed by atoms with E-state index in [-0.39, 0.29) is 36.2 Å². The lowest BCUT2D eigenvalue weighted by molar-refractivity contribution is -0.188. The molecule has 2 aromatic carbocycles. The molecule has 236 valence electrons. The molecule has 2 bridgehead atoms. The molecule has 0 saturated heterocycles. The van der Waals surface area contributed by atoms with Crippen LogP contribution in [0.5, 0.6) is 5.75 Å². The van der Waals surface area contributed by atoms with Gasteiger partial charge in [-0.05, 0) is 62.4 Å². The lowest BCUT2D eigenvalue weighted by Gasteiger charge is -2.44. The maximum absolute atomic E-state index is 13.9. The first-order chi connectivity index (χ1) is 21.6. The number of allylic oxidation sites excluding steroid dienone is 1. The van der Waals surface area contributed by atoms with Gasteiger partial charge in [0.1, 0.15) is 11.3 Å². The number of aliphatic hydroxyl groups excluding tert-OH is 1. The summed E-state index contributed by atoms with van der Waals surface area (Å²) in [5.74, 6) is 5.51. The van der Waals surface area contributed by atoms with Gasteiger partial charge in [0.05, 0.1) is 25.2 Å². The minimum atomic E-state index is -1.25. The van der Waals surface area contributed by atoms with Crippen molar-refractivity contribution in [1.82, 2.24) is 0 Å². The van der Waals surface area contributed by atoms with Crippen molar-refractivity contribution in [3.8, 4) is 17.6 Å². The standard InChI is InChI=1S/C36H38O9/c1-21(2)25-13-12-24-11-8-10-23(19-24)9-6-7-17-36(4)33(44-34(25)39)32(42-22(3)38)30-29(45-36)15-14-26-28(20-37)27(16-18-41-5)35(40)43-31(26)30/h8,10-11,14-15,19,32-33,37H,9,12-13,16-18,20H2,1-5H3/t32-,33+,36+/m1/s1. The first kappa shape index (κ1) is 32.0. The molecule has 3 heterocycles. The first-order valence-electron chi connectivity index (χ1n) is 15.0. The van der Waals surface area contributed by atoms with Crippen molar-refractivity contribution in [3.63, 3.8) is 0 Å². The second-order valence-corrected chi connectivity index (χ2v) is 11.9. The number of hydrogen-bond acceptors (Lipinski definition) is 9. The number of rotatable bonds is 5. The van der Waals surface area contributed by atoms with Crippen LogP contribution in [0.15, 0.2) is 56.8 Å². The van der Waals surface area contributed by atoms with E-state index in [9.17, 15) is 19.5 Å². The average molecular weight is 615 g/mol. The van der Waals surface area contributed by atoms with Gasteiger partial charge in [0.15, 0.2) is 17.8 Å². The van der Waals surface area contributed by atoms with E-state index in [1.807, 2.05) is 32.0 Å². The zero-order chi connectivity index (χ0) is 32.3. The lowest BCUT2D eigenvalue weighted by atomic mass is 9.83. The summed E-state index contributed by atoms with van der Waals surface area (Å²) >= 11 is 0. The van der Waals surface area contributed by atoms with E-state index in [4.69, 9.17) is 23.4 Å². The van der Waals surface area contributed by atoms with Crippen LogP contribution in [0, 0.1) is 11.8 Å². The summed E-state index contributed by atoms with van der Waals surface area (Å²) in [5, 5.41) is 10.8. The summed E-state index contributed by atoms with van der Waals surface area (Å²) in [7, 11) is 1.52. The van der Waals surface area contributed by atoms with Crippen LogP contribution in [0.2, 0.25) is 0 Å². The zero-order valence-corrected chi connectivity index (χ0v) is 26.3. The van der Waals surface area contributed by atoms with E-state index in [1.54, 1.807) is 19.1 Å². The van der Waals surface area contributed by atoms with Gasteiger partial charge in [0.2, 0.25) is 0 Å². The number of ether oxygens (including phenoxy) is 4. The predicted octanol–water partition coefficient (Wildman–Crippen LogP) is 5.06. The van der Waals surface area contributed by atoms with Crippen molar-refractivity contribution >= 4 is 22.9 Å². The molecule has 0 saturated carbocycles. The second-order valence-electron chi connectivity index (χ2n) is 11.9. The molecule has 0 unspecified atom stereocenters. The fourth-order valence-corrected chi connectivity index (χ4v) is 6.08. The molecule has 0 amide bonds. The Morgan fingerprint density at radius 3 is 2.56 bits per heavy atom. The minimum absolute atomic E-state index is 0.0819. The highest BCUT2D eigenvalue weighted by Gasteiger charge is 2.52. The minimum Gasteiger partial charge on any atom is -0.482 e. The number of hydrogen-bond donors (Lipinski definition) is 1. The van der Waals surface area contributed by atoms with Gasteiger partial charge in [-0.15, -0.1) is 0 Å². The Morgan fingerprint density at radius 2 is 1.84 bits per heavy atom. The summed E-state index contributed by atoms with van der Waals surface area (Å²) in [4.78, 5) is 39.8. The second kappa shape index (κ2) is 13.3. The monoisotopic (exact) mass is 614 g/mol. The summed E-state index contributed by atoms with van der Waals surface area (Å²) in [5.41, 5.74) is 2.54. The van der Waals surface area contributed by atoms with E-state index in [2.05, 4.69) is 17.9 Å². The fraction of sp³-hybridized carbons (Fsp3) is 0.417. The number of esters is 2. The number of aliphatic hydroxyl groups is 1. The van der Waals surface area contributed by atoms with E-state index >= 15 is 0 Å². The Morgan fingerprint density at radius 1 is 1.07 bits per heavy atom. The Hall–Kier alpha value is -4.39. The van der Waals surface area contributed by atoms with Gasteiger partial charge in [-0.3, -0.25) is 4.79 Å². The van der Waals surface area contributed by atoms with Crippen LogP contribution in [0.25, 0.3) is 11.0 Å². The molecule has 0 fully saturated rings. The molecule has 2 aliphatic heterocycles. The molecule has 0 spiro atoms. The molecule has 1 N–H and O–H groups in total. The summed E-state index contributed by atoms with van der Waals surface area (Å²) in [6.45, 7) is 6.56. The van der Waals surface area contributed by atoms with Gasteiger partial charge < -0.3 is 28.5 Å². The molecule has 0 radical (unpaired) electrons. The maximum atomic E-state index is 13.9. The van der Waals surface area contributed by atoms with E-state index in [1.165, 1.54) is 14.0 Å². The van der Waals surface area contributed by atoms with E-state index in [0.29, 0.717) is 41.5 Å². The molecule has 9 heteroatoms. The molecule has 0 aliphatic carbocycles. The fourth-order valence-electron chi connectivity index (χ4n) is 6.08. The topological polar surface area (TPSA) is 122 Å². The SMILES string of the molecule is COCCc1c(CO)c2ccc3c(c2oc1=O)[C@@H](OC(C)=O)[C@@H]1OC(=O)C(=C(C)C)CCc2cccc(c2)CC#CC[C@]1(C)O3. The van der Waals surface area contributed by atoms with Gasteiger partial charge in [-0.1, -0.05) is 41.7 Å². The van der Waals surface area contributed by atoms with Gasteiger partial charge in [-0.2, -0.15) is 0 Å². The van der Waals surface area contributed by atoms with Crippen LogP contribution in [-0.2, 0) is 49.7 Å². The zero-order valence-electron chi connectivity index (χ0n) is 26.3. The molecule has 9 nitrogen and oxygen atoms in total. The Kier molecular flexibility index (Phi) is 9.47. The summed E-state index contributed by atoms with van der Waals surface area (Å²) in [6.07, 6.45) is -0.395. The normalized spacial score (nSPS) is 21.3. The molecule has 3 aromatic rings. The van der Waals surface area contributed by atoms with Crippen molar-refractivity contribution in [2.45, 2.75) is 84.2 Å². The van der Waals surface area contributed by atoms with Gasteiger partial charge in [0, 0.05) is 43.4 Å². The highest BCUT2D eigenvalue weighted by Crippen LogP contribution is 2.48. The molecule has 45 heavy (non-hydrogen) atoms. The van der Waals surface area contributed by atoms with Crippen LogP contribution >= 0.6 is 0 Å². The molecule has 2 aliphatic rings. The number of aryl methyl sites for hydroxylation is 1. The highest BCUT2D eigenvalue weighted by atomic mass is 16.6. The maximum Gasteiger partial charge on any atom is 0.339 e. The van der Waals surface area contributed by atoms with Crippen molar-refractivity contribution in [2.75, 3.05) is 13.7 Å². The number of benzene rings is 2. The van der Waals surface area contributed by atoms with Crippen molar-refractivity contribution in [2.24, 2.45) is 0 Å². The van der Waals surface area contributed by atoms with Gasteiger partial charge in [-0.25, -0.2) is 9.59 Å². The average Bonchev–Trinajstić information content (AvgIpc) is 2.99. The van der Waals surface area contributed by atoms with E-state index < -0.39 is 42.0 Å². The number of carbonyl (C=O) groups excluding carboxylic acids is 2. The quantitative estimate of drug-likeness (QED) is 0.182. The van der Waals surface area contributed by atoms with Crippen molar-refractivity contribution in [3.05, 3.63) is 85.8 Å². The Bertz CT molecular complexity index is 1780. The van der Waals surface area contributed by atoms with Crippen LogP contribution in [0.1, 0.15) is 74.5 Å². The van der Waals surface area contributed by atoms with Gasteiger partial charge >= 0.3 is 17.6 Å². The van der Waals surface area contributed by atoms with Crippen LogP contribution in [-0.4, -0.2) is 42.5 Å². The third kappa shape index (κ3) is 6.53. The molecular weight excluding hydrogens is 576 g/mol. The third-order valence-corrected chi connectivity index (χ3v) is 8.39. The molecule has 1 aromatic heterocycles. The number of fused-ring (bicyclic) bond motifs is 6. The number of methoxy groups -OCH3 is 1. The summed E-state index contributed by atoms with van der Waals surface area (Å²) in [6, 6.07) is 11.5. The molecular formula is C36H38O9. The number of carbonyl (C=O) groups is 2.